The Labute approximate surface area is 233 Å². The van der Waals surface area contributed by atoms with Gasteiger partial charge in [-0.3, -0.25) is 9.35 Å². The van der Waals surface area contributed by atoms with E-state index in [1.54, 1.807) is 48.2 Å². The van der Waals surface area contributed by atoms with E-state index in [-0.39, 0.29) is 43.8 Å². The van der Waals surface area contributed by atoms with E-state index in [0.717, 1.165) is 24.0 Å². The number of rotatable bonds is 11. The Bertz CT molecular complexity index is 1300. The number of carbonyl (C=O) groups is 2. The third kappa shape index (κ3) is 8.04. The van der Waals surface area contributed by atoms with E-state index in [0.29, 0.717) is 35.2 Å². The van der Waals surface area contributed by atoms with Crippen LogP contribution in [-0.2, 0) is 35.8 Å². The largest absolute Gasteiger partial charge is 0.494 e. The molecule has 1 N–H and O–H groups in total. The van der Waals surface area contributed by atoms with Crippen molar-refractivity contribution in [1.29, 1.82) is 0 Å². The van der Waals surface area contributed by atoms with Crippen LogP contribution in [0.5, 0.6) is 5.75 Å². The normalized spacial score (nSPS) is 19.9. The molecule has 11 heteroatoms. The summed E-state index contributed by atoms with van der Waals surface area (Å²) in [6.45, 7) is 3.01. The van der Waals surface area contributed by atoms with Crippen molar-refractivity contribution in [2.75, 3.05) is 25.5 Å². The number of halogens is 1. The predicted octanol–water partition coefficient (Wildman–Crippen LogP) is 4.51. The first kappa shape index (κ1) is 29.1. The minimum Gasteiger partial charge on any atom is -0.494 e. The van der Waals surface area contributed by atoms with Crippen LogP contribution in [0.1, 0.15) is 49.7 Å². The second kappa shape index (κ2) is 13.0. The van der Waals surface area contributed by atoms with Crippen LogP contribution in [0.15, 0.2) is 59.8 Å². The molecular weight excluding hydrogens is 546 g/mol. The lowest BCUT2D eigenvalue weighted by molar-refractivity contribution is -0.141. The molecule has 9 nitrogen and oxygen atoms in total. The van der Waals surface area contributed by atoms with Gasteiger partial charge >= 0.3 is 5.97 Å². The third-order valence-electron chi connectivity index (χ3n) is 6.83. The van der Waals surface area contributed by atoms with Gasteiger partial charge in [-0.2, -0.15) is 8.42 Å². The molecule has 210 valence electrons. The van der Waals surface area contributed by atoms with Crippen LogP contribution in [0.2, 0.25) is 5.02 Å². The zero-order valence-corrected chi connectivity index (χ0v) is 23.2. The zero-order valence-electron chi connectivity index (χ0n) is 21.7. The van der Waals surface area contributed by atoms with Crippen molar-refractivity contribution in [3.63, 3.8) is 0 Å². The minimum absolute atomic E-state index is 0.0195. The molecule has 2 heterocycles. The number of carbonyl (C=O) groups excluding carboxylic acids is 2. The summed E-state index contributed by atoms with van der Waals surface area (Å²) in [5.74, 6) is -0.863. The number of amides is 1. The third-order valence-corrected chi connectivity index (χ3v) is 7.89. The standard InChI is InChI=1S/C28H32ClNO8S/c1-19-27(28(32)38-18-20-5-11-23(12-6-20)36-14-3-15-39(33,34)35)25(21-7-9-22(29)10-8-21)16-26(31)30(19)17-24-4-2-13-37-24/h5-12,24-25H,2-4,13-18H2,1H3,(H,33,34,35)/t24-,25-/m1/s1. The van der Waals surface area contributed by atoms with Gasteiger partial charge in [0.2, 0.25) is 5.91 Å². The number of ether oxygens (including phenoxy) is 3. The van der Waals surface area contributed by atoms with Crippen molar-refractivity contribution in [1.82, 2.24) is 4.90 Å². The van der Waals surface area contributed by atoms with Crippen molar-refractivity contribution < 1.29 is 36.8 Å². The number of esters is 1. The highest BCUT2D eigenvalue weighted by Gasteiger charge is 2.38. The maximum atomic E-state index is 13.5. The maximum absolute atomic E-state index is 13.5. The topological polar surface area (TPSA) is 119 Å². The van der Waals surface area contributed by atoms with Crippen molar-refractivity contribution in [3.8, 4) is 5.75 Å². The average molecular weight is 578 g/mol. The molecule has 0 aliphatic carbocycles. The summed E-state index contributed by atoms with van der Waals surface area (Å²) >= 11 is 6.07. The van der Waals surface area contributed by atoms with Crippen LogP contribution in [0.3, 0.4) is 0 Å². The van der Waals surface area contributed by atoms with Crippen LogP contribution in [0.25, 0.3) is 0 Å². The molecule has 2 aliphatic rings. The molecule has 1 saturated heterocycles. The SMILES string of the molecule is CC1=C(C(=O)OCc2ccc(OCCCS(=O)(=O)O)cc2)[C@@H](c2ccc(Cl)cc2)CC(=O)N1C[C@H]1CCCO1. The molecule has 2 aromatic rings. The molecule has 1 amide bonds. The average Bonchev–Trinajstić information content (AvgIpc) is 3.41. The van der Waals surface area contributed by atoms with Gasteiger partial charge in [0.1, 0.15) is 12.4 Å². The van der Waals surface area contributed by atoms with Gasteiger partial charge in [-0.15, -0.1) is 0 Å². The summed E-state index contributed by atoms with van der Waals surface area (Å²) in [5.41, 5.74) is 2.55. The fraction of sp³-hybridized carbons (Fsp3) is 0.429. The number of hydrogen-bond donors (Lipinski definition) is 1. The first-order valence-corrected chi connectivity index (χ1v) is 14.8. The van der Waals surface area contributed by atoms with E-state index < -0.39 is 22.0 Å². The Morgan fingerprint density at radius 2 is 1.87 bits per heavy atom. The summed E-state index contributed by atoms with van der Waals surface area (Å²) in [5, 5.41) is 0.566. The zero-order chi connectivity index (χ0) is 28.0. The van der Waals surface area contributed by atoms with Gasteiger partial charge in [-0.1, -0.05) is 35.9 Å². The first-order chi connectivity index (χ1) is 18.6. The maximum Gasteiger partial charge on any atom is 0.336 e. The van der Waals surface area contributed by atoms with Crippen molar-refractivity contribution >= 4 is 33.6 Å². The highest BCUT2D eigenvalue weighted by atomic mass is 35.5. The fourth-order valence-corrected chi connectivity index (χ4v) is 5.42. The highest BCUT2D eigenvalue weighted by molar-refractivity contribution is 7.85. The Kier molecular flexibility index (Phi) is 9.66. The molecule has 0 saturated carbocycles. The molecule has 2 aromatic carbocycles. The quantitative estimate of drug-likeness (QED) is 0.235. The summed E-state index contributed by atoms with van der Waals surface area (Å²) < 4.78 is 47.3. The molecule has 0 spiro atoms. The summed E-state index contributed by atoms with van der Waals surface area (Å²) in [7, 11) is -4.02. The Morgan fingerprint density at radius 3 is 2.51 bits per heavy atom. The molecule has 0 bridgehead atoms. The van der Waals surface area contributed by atoms with E-state index in [2.05, 4.69) is 0 Å². The molecular formula is C28H32ClNO8S. The van der Waals surface area contributed by atoms with Crippen LogP contribution in [0, 0.1) is 0 Å². The minimum atomic E-state index is -4.02. The van der Waals surface area contributed by atoms with Crippen LogP contribution in [0.4, 0.5) is 0 Å². The molecule has 2 atom stereocenters. The van der Waals surface area contributed by atoms with E-state index in [1.165, 1.54) is 0 Å². The van der Waals surface area contributed by atoms with Crippen LogP contribution < -0.4 is 4.74 Å². The van der Waals surface area contributed by atoms with E-state index in [1.807, 2.05) is 12.1 Å². The molecule has 0 unspecified atom stereocenters. The lowest BCUT2D eigenvalue weighted by atomic mass is 9.83. The number of allylic oxidation sites excluding steroid dienone is 1. The molecule has 0 radical (unpaired) electrons. The van der Waals surface area contributed by atoms with Crippen molar-refractivity contribution in [3.05, 3.63) is 76.0 Å². The van der Waals surface area contributed by atoms with E-state index in [9.17, 15) is 18.0 Å². The molecule has 2 aliphatic heterocycles. The second-order valence-corrected chi connectivity index (χ2v) is 11.7. The Hall–Kier alpha value is -2.92. The molecule has 0 aromatic heterocycles. The summed E-state index contributed by atoms with van der Waals surface area (Å²) in [6.07, 6.45) is 2.07. The van der Waals surface area contributed by atoms with Crippen LogP contribution >= 0.6 is 11.6 Å². The first-order valence-electron chi connectivity index (χ1n) is 12.8. The second-order valence-electron chi connectivity index (χ2n) is 9.65. The van der Waals surface area contributed by atoms with Crippen LogP contribution in [-0.4, -0.2) is 61.4 Å². The lowest BCUT2D eigenvalue weighted by Crippen LogP contribution is -2.42. The summed E-state index contributed by atoms with van der Waals surface area (Å²) in [4.78, 5) is 28.3. The van der Waals surface area contributed by atoms with Gasteiger partial charge < -0.3 is 19.1 Å². The molecule has 4 rings (SSSR count). The van der Waals surface area contributed by atoms with Gasteiger partial charge in [0.25, 0.3) is 10.1 Å². The smallest absolute Gasteiger partial charge is 0.336 e. The van der Waals surface area contributed by atoms with E-state index >= 15 is 0 Å². The van der Waals surface area contributed by atoms with E-state index in [4.69, 9.17) is 30.4 Å². The summed E-state index contributed by atoms with van der Waals surface area (Å²) in [6, 6.07) is 14.0. The Balaban J connectivity index is 1.46. The monoisotopic (exact) mass is 577 g/mol. The lowest BCUT2D eigenvalue weighted by Gasteiger charge is -2.35. The van der Waals surface area contributed by atoms with Gasteiger partial charge in [0, 0.05) is 29.7 Å². The van der Waals surface area contributed by atoms with Gasteiger partial charge in [0.15, 0.2) is 0 Å². The van der Waals surface area contributed by atoms with Crippen molar-refractivity contribution in [2.45, 2.75) is 51.2 Å². The highest BCUT2D eigenvalue weighted by Crippen LogP contribution is 2.38. The molecule has 1 fully saturated rings. The van der Waals surface area contributed by atoms with Gasteiger partial charge in [0.05, 0.1) is 30.6 Å². The molecule has 39 heavy (non-hydrogen) atoms. The Morgan fingerprint density at radius 1 is 1.15 bits per heavy atom. The van der Waals surface area contributed by atoms with Gasteiger partial charge in [-0.25, -0.2) is 4.79 Å². The number of benzene rings is 2. The van der Waals surface area contributed by atoms with Gasteiger partial charge in [-0.05, 0) is 61.6 Å². The number of nitrogens with zero attached hydrogens (tertiary/aromatic N) is 1. The fourth-order valence-electron chi connectivity index (χ4n) is 4.81. The predicted molar refractivity (Wildman–Crippen MR) is 145 cm³/mol. The van der Waals surface area contributed by atoms with Crippen molar-refractivity contribution in [2.24, 2.45) is 0 Å². The number of hydrogen-bond acceptors (Lipinski definition) is 7.